The Balaban J connectivity index is 2.51. The molecule has 2 rings (SSSR count). The number of aromatic nitrogens is 1. The summed E-state index contributed by atoms with van der Waals surface area (Å²) in [7, 11) is 0. The average Bonchev–Trinajstić information content (AvgIpc) is 2.53. The number of hydrogen-bond acceptors (Lipinski definition) is 2. The minimum Gasteiger partial charge on any atom is -0.457 e. The van der Waals surface area contributed by atoms with Crippen LogP contribution in [0.25, 0.3) is 11.1 Å². The van der Waals surface area contributed by atoms with Crippen LogP contribution in [0.3, 0.4) is 0 Å². The largest absolute Gasteiger partial charge is 0.457 e. The summed E-state index contributed by atoms with van der Waals surface area (Å²) in [5.74, 6) is 0. The zero-order chi connectivity index (χ0) is 8.39. The molecule has 0 fully saturated rings. The molecule has 0 amide bonds. The molecule has 2 aromatic rings. The molecule has 0 atom stereocenters. The van der Waals surface area contributed by atoms with E-state index in [0.29, 0.717) is 0 Å². The zero-order valence-corrected chi connectivity index (χ0v) is 7.78. The first-order chi connectivity index (χ1) is 5.88. The van der Waals surface area contributed by atoms with Crippen LogP contribution < -0.4 is 0 Å². The highest BCUT2D eigenvalue weighted by molar-refractivity contribution is 9.10. The molecule has 0 spiro atoms. The lowest BCUT2D eigenvalue weighted by Gasteiger charge is -1.94. The van der Waals surface area contributed by atoms with Gasteiger partial charge in [0, 0.05) is 18.0 Å². The van der Waals surface area contributed by atoms with Crippen LogP contribution in [0.15, 0.2) is 45.9 Å². The molecule has 60 valence electrons. The minimum absolute atomic E-state index is 0.758. The second-order valence-corrected chi connectivity index (χ2v) is 3.06. The summed E-state index contributed by atoms with van der Waals surface area (Å²) in [6.07, 6.45) is 5.17. The fourth-order valence-corrected chi connectivity index (χ4v) is 1.50. The van der Waals surface area contributed by atoms with Crippen molar-refractivity contribution in [3.05, 3.63) is 41.5 Å². The minimum atomic E-state index is 0.758. The van der Waals surface area contributed by atoms with Gasteiger partial charge in [-0.15, -0.1) is 0 Å². The summed E-state index contributed by atoms with van der Waals surface area (Å²) >= 11 is 3.32. The number of hydrogen-bond donors (Lipinski definition) is 0. The molecule has 0 saturated carbocycles. The molecule has 0 bridgehead atoms. The molecule has 0 aliphatic heterocycles. The van der Waals surface area contributed by atoms with Crippen molar-refractivity contribution in [1.82, 2.24) is 4.98 Å². The van der Waals surface area contributed by atoms with E-state index in [1.54, 1.807) is 18.7 Å². The number of rotatable bonds is 1. The van der Waals surface area contributed by atoms with Crippen molar-refractivity contribution in [3.63, 3.8) is 0 Å². The summed E-state index contributed by atoms with van der Waals surface area (Å²) in [5, 5.41) is 0. The van der Waals surface area contributed by atoms with Gasteiger partial charge in [-0.05, 0) is 39.7 Å². The smallest absolute Gasteiger partial charge is 0.176 e. The summed E-state index contributed by atoms with van der Waals surface area (Å²) in [5.41, 5.74) is 2.16. The SMILES string of the molecule is Brc1occc1-c1ccncc1. The summed E-state index contributed by atoms with van der Waals surface area (Å²) in [6, 6.07) is 5.80. The highest BCUT2D eigenvalue weighted by atomic mass is 79.9. The lowest BCUT2D eigenvalue weighted by atomic mass is 10.1. The van der Waals surface area contributed by atoms with Crippen LogP contribution in [-0.4, -0.2) is 4.98 Å². The van der Waals surface area contributed by atoms with Gasteiger partial charge in [0.15, 0.2) is 4.67 Å². The van der Waals surface area contributed by atoms with Crippen molar-refractivity contribution >= 4 is 15.9 Å². The first-order valence-electron chi connectivity index (χ1n) is 3.51. The predicted molar refractivity (Wildman–Crippen MR) is 49.6 cm³/mol. The molecule has 0 aliphatic carbocycles. The van der Waals surface area contributed by atoms with Gasteiger partial charge in [-0.1, -0.05) is 0 Å². The molecular formula is C9H6BrNO. The lowest BCUT2D eigenvalue weighted by molar-refractivity contribution is 0.542. The number of pyridine rings is 1. The topological polar surface area (TPSA) is 26.0 Å². The van der Waals surface area contributed by atoms with E-state index in [1.165, 1.54) is 0 Å². The maximum absolute atomic E-state index is 5.12. The van der Waals surface area contributed by atoms with E-state index in [9.17, 15) is 0 Å². The van der Waals surface area contributed by atoms with Gasteiger partial charge in [0.25, 0.3) is 0 Å². The van der Waals surface area contributed by atoms with Crippen molar-refractivity contribution in [2.24, 2.45) is 0 Å². The van der Waals surface area contributed by atoms with Crippen molar-refractivity contribution in [3.8, 4) is 11.1 Å². The third-order valence-corrected chi connectivity index (χ3v) is 2.22. The van der Waals surface area contributed by atoms with E-state index in [-0.39, 0.29) is 0 Å². The Morgan fingerprint density at radius 2 is 1.92 bits per heavy atom. The molecule has 0 saturated heterocycles. The van der Waals surface area contributed by atoms with Gasteiger partial charge in [-0.25, -0.2) is 0 Å². The van der Waals surface area contributed by atoms with Crippen LogP contribution in [0.4, 0.5) is 0 Å². The lowest BCUT2D eigenvalue weighted by Crippen LogP contribution is -1.74. The molecule has 0 radical (unpaired) electrons. The molecule has 3 heteroatoms. The van der Waals surface area contributed by atoms with Gasteiger partial charge < -0.3 is 4.42 Å². The van der Waals surface area contributed by atoms with Gasteiger partial charge in [-0.3, -0.25) is 4.98 Å². The van der Waals surface area contributed by atoms with Gasteiger partial charge >= 0.3 is 0 Å². The summed E-state index contributed by atoms with van der Waals surface area (Å²) < 4.78 is 5.87. The molecule has 0 N–H and O–H groups in total. The second kappa shape index (κ2) is 3.11. The van der Waals surface area contributed by atoms with E-state index in [4.69, 9.17) is 4.42 Å². The zero-order valence-electron chi connectivity index (χ0n) is 6.20. The molecular weight excluding hydrogens is 218 g/mol. The Labute approximate surface area is 78.4 Å². The van der Waals surface area contributed by atoms with Crippen LogP contribution in [-0.2, 0) is 0 Å². The van der Waals surface area contributed by atoms with Crippen LogP contribution in [0, 0.1) is 0 Å². The highest BCUT2D eigenvalue weighted by Crippen LogP contribution is 2.28. The summed E-state index contributed by atoms with van der Waals surface area (Å²) in [4.78, 5) is 3.94. The fourth-order valence-electron chi connectivity index (χ4n) is 1.03. The Hall–Kier alpha value is -1.09. The van der Waals surface area contributed by atoms with Crippen LogP contribution in [0.5, 0.6) is 0 Å². The number of halogens is 1. The molecule has 2 nitrogen and oxygen atoms in total. The third kappa shape index (κ3) is 1.28. The van der Waals surface area contributed by atoms with Crippen LogP contribution in [0.1, 0.15) is 0 Å². The monoisotopic (exact) mass is 223 g/mol. The first kappa shape index (κ1) is 7.55. The normalized spacial score (nSPS) is 10.1. The Morgan fingerprint density at radius 1 is 1.17 bits per heavy atom. The van der Waals surface area contributed by atoms with E-state index in [0.717, 1.165) is 15.8 Å². The van der Waals surface area contributed by atoms with Crippen molar-refractivity contribution < 1.29 is 4.42 Å². The van der Waals surface area contributed by atoms with Gasteiger partial charge in [0.2, 0.25) is 0 Å². The molecule has 0 aromatic carbocycles. The van der Waals surface area contributed by atoms with Crippen molar-refractivity contribution in [1.29, 1.82) is 0 Å². The first-order valence-corrected chi connectivity index (χ1v) is 4.30. The molecule has 12 heavy (non-hydrogen) atoms. The molecule has 2 heterocycles. The number of furan rings is 1. The van der Waals surface area contributed by atoms with Gasteiger partial charge in [0.05, 0.1) is 6.26 Å². The fraction of sp³-hybridized carbons (Fsp3) is 0. The Bertz CT molecular complexity index is 369. The Morgan fingerprint density at radius 3 is 2.50 bits per heavy atom. The molecule has 0 unspecified atom stereocenters. The second-order valence-electron chi connectivity index (χ2n) is 2.34. The molecule has 0 aliphatic rings. The van der Waals surface area contributed by atoms with Crippen molar-refractivity contribution in [2.45, 2.75) is 0 Å². The van der Waals surface area contributed by atoms with Crippen LogP contribution in [0.2, 0.25) is 0 Å². The van der Waals surface area contributed by atoms with E-state index >= 15 is 0 Å². The maximum Gasteiger partial charge on any atom is 0.176 e. The summed E-state index contributed by atoms with van der Waals surface area (Å²) in [6.45, 7) is 0. The maximum atomic E-state index is 5.12. The third-order valence-electron chi connectivity index (χ3n) is 1.61. The highest BCUT2D eigenvalue weighted by Gasteiger charge is 2.03. The quantitative estimate of drug-likeness (QED) is 0.743. The standard InChI is InChI=1S/C9H6BrNO/c10-9-8(3-6-12-9)7-1-4-11-5-2-7/h1-6H. The Kier molecular flexibility index (Phi) is 1.96. The van der Waals surface area contributed by atoms with E-state index in [2.05, 4.69) is 20.9 Å². The van der Waals surface area contributed by atoms with Crippen LogP contribution >= 0.6 is 15.9 Å². The van der Waals surface area contributed by atoms with Gasteiger partial charge in [-0.2, -0.15) is 0 Å². The average molecular weight is 224 g/mol. The molecule has 2 aromatic heterocycles. The van der Waals surface area contributed by atoms with Gasteiger partial charge in [0.1, 0.15) is 0 Å². The predicted octanol–water partition coefficient (Wildman–Crippen LogP) is 3.10. The van der Waals surface area contributed by atoms with E-state index in [1.807, 2.05) is 18.2 Å². The number of nitrogens with zero attached hydrogens (tertiary/aromatic N) is 1. The van der Waals surface area contributed by atoms with E-state index < -0.39 is 0 Å². The van der Waals surface area contributed by atoms with Crippen molar-refractivity contribution in [2.75, 3.05) is 0 Å².